The Labute approximate surface area is 187 Å². The highest BCUT2D eigenvalue weighted by atomic mass is 16.6. The van der Waals surface area contributed by atoms with Crippen LogP contribution >= 0.6 is 0 Å². The predicted molar refractivity (Wildman–Crippen MR) is 123 cm³/mol. The first kappa shape index (κ1) is 21.7. The summed E-state index contributed by atoms with van der Waals surface area (Å²) in [6.45, 7) is 4.12. The molecule has 1 N–H and O–H groups in total. The number of rotatable bonds is 6. The monoisotopic (exact) mass is 435 g/mol. The van der Waals surface area contributed by atoms with Gasteiger partial charge >= 0.3 is 6.09 Å². The number of fused-ring (bicyclic) bond motifs is 1. The Morgan fingerprint density at radius 1 is 0.969 bits per heavy atom. The lowest BCUT2D eigenvalue weighted by molar-refractivity contribution is -0.133. The van der Waals surface area contributed by atoms with Crippen molar-refractivity contribution in [2.45, 2.75) is 19.3 Å². The lowest BCUT2D eigenvalue weighted by Crippen LogP contribution is -2.50. The summed E-state index contributed by atoms with van der Waals surface area (Å²) < 4.78 is 10.7. The zero-order chi connectivity index (χ0) is 22.5. The molecule has 1 saturated heterocycles. The first-order valence-corrected chi connectivity index (χ1v) is 11.0. The van der Waals surface area contributed by atoms with Crippen LogP contribution in [0.5, 0.6) is 5.75 Å². The average molecular weight is 436 g/mol. The van der Waals surface area contributed by atoms with Crippen molar-refractivity contribution in [3.63, 3.8) is 0 Å². The van der Waals surface area contributed by atoms with Crippen LogP contribution in [0.15, 0.2) is 54.7 Å². The van der Waals surface area contributed by atoms with Gasteiger partial charge in [0.05, 0.1) is 13.7 Å². The highest BCUT2D eigenvalue weighted by molar-refractivity contribution is 5.86. The first-order chi connectivity index (χ1) is 15.6. The molecule has 0 saturated carbocycles. The van der Waals surface area contributed by atoms with Gasteiger partial charge in [0.25, 0.3) is 0 Å². The van der Waals surface area contributed by atoms with Gasteiger partial charge in [0, 0.05) is 61.2 Å². The van der Waals surface area contributed by atoms with Gasteiger partial charge in [0.2, 0.25) is 5.91 Å². The normalized spacial score (nSPS) is 14.9. The van der Waals surface area contributed by atoms with Crippen molar-refractivity contribution in [2.24, 2.45) is 0 Å². The fourth-order valence-electron chi connectivity index (χ4n) is 4.38. The van der Waals surface area contributed by atoms with Crippen LogP contribution in [0.25, 0.3) is 10.9 Å². The highest BCUT2D eigenvalue weighted by Gasteiger charge is 2.29. The summed E-state index contributed by atoms with van der Waals surface area (Å²) in [4.78, 5) is 32.2. The van der Waals surface area contributed by atoms with Crippen LogP contribution in [0.1, 0.15) is 30.4 Å². The molecule has 2 heterocycles. The molecule has 3 aromatic rings. The van der Waals surface area contributed by atoms with E-state index in [-0.39, 0.29) is 17.9 Å². The van der Waals surface area contributed by atoms with Crippen LogP contribution in [0, 0.1) is 0 Å². The summed E-state index contributed by atoms with van der Waals surface area (Å²) in [7, 11) is 1.65. The SMILES string of the molecule is CCOC(=O)N1CCN(C(=O)CC(c2ccccc2OC)c2c[nH]c3ccccc23)CC1. The van der Waals surface area contributed by atoms with E-state index in [0.29, 0.717) is 39.2 Å². The van der Waals surface area contributed by atoms with Gasteiger partial charge in [-0.2, -0.15) is 0 Å². The molecular formula is C25H29N3O4. The quantitative estimate of drug-likeness (QED) is 0.635. The van der Waals surface area contributed by atoms with Gasteiger partial charge in [0.1, 0.15) is 5.75 Å². The largest absolute Gasteiger partial charge is 0.496 e. The Bertz CT molecular complexity index is 1090. The number of ether oxygens (including phenoxy) is 2. The van der Waals surface area contributed by atoms with Crippen molar-refractivity contribution in [3.8, 4) is 5.75 Å². The number of benzene rings is 2. The molecule has 7 heteroatoms. The van der Waals surface area contributed by atoms with Crippen molar-refractivity contribution >= 4 is 22.9 Å². The van der Waals surface area contributed by atoms with E-state index in [2.05, 4.69) is 11.1 Å². The van der Waals surface area contributed by atoms with E-state index in [1.165, 1.54) is 0 Å². The molecule has 0 aliphatic carbocycles. The van der Waals surface area contributed by atoms with Crippen molar-refractivity contribution in [1.82, 2.24) is 14.8 Å². The summed E-state index contributed by atoms with van der Waals surface area (Å²) in [5.74, 6) is 0.676. The minimum atomic E-state index is -0.315. The third kappa shape index (κ3) is 4.42. The number of hydrogen-bond acceptors (Lipinski definition) is 4. The molecule has 7 nitrogen and oxygen atoms in total. The standard InChI is InChI=1S/C25H29N3O4/c1-3-32-25(30)28-14-12-27(13-15-28)24(29)16-20(19-9-5-7-11-23(19)31-2)21-17-26-22-10-6-4-8-18(21)22/h4-11,17,20,26H,3,12-16H2,1-2H3. The van der Waals surface area contributed by atoms with Gasteiger partial charge in [0.15, 0.2) is 0 Å². The second-order valence-electron chi connectivity index (χ2n) is 7.86. The Hall–Kier alpha value is -3.48. The number of para-hydroxylation sites is 2. The molecule has 1 unspecified atom stereocenters. The van der Waals surface area contributed by atoms with Crippen molar-refractivity contribution in [1.29, 1.82) is 0 Å². The molecule has 1 aliphatic heterocycles. The topological polar surface area (TPSA) is 74.9 Å². The number of H-pyrrole nitrogens is 1. The van der Waals surface area contributed by atoms with E-state index >= 15 is 0 Å². The molecule has 0 radical (unpaired) electrons. The lowest BCUT2D eigenvalue weighted by Gasteiger charge is -2.35. The van der Waals surface area contributed by atoms with Gasteiger partial charge in [-0.05, 0) is 24.6 Å². The number of piperazine rings is 1. The molecule has 1 aliphatic rings. The van der Waals surface area contributed by atoms with Crippen LogP contribution in [-0.4, -0.2) is 66.7 Å². The van der Waals surface area contributed by atoms with Crippen LogP contribution in [0.4, 0.5) is 4.79 Å². The Morgan fingerprint density at radius 2 is 1.66 bits per heavy atom. The molecule has 32 heavy (non-hydrogen) atoms. The minimum absolute atomic E-state index is 0.0645. The third-order valence-electron chi connectivity index (χ3n) is 6.05. The summed E-state index contributed by atoms with van der Waals surface area (Å²) in [5, 5.41) is 1.10. The van der Waals surface area contributed by atoms with Crippen LogP contribution in [-0.2, 0) is 9.53 Å². The second-order valence-corrected chi connectivity index (χ2v) is 7.86. The number of methoxy groups -OCH3 is 1. The Balaban J connectivity index is 1.58. The molecule has 1 aromatic heterocycles. The van der Waals surface area contributed by atoms with Crippen molar-refractivity contribution < 1.29 is 19.1 Å². The number of amides is 2. The first-order valence-electron chi connectivity index (χ1n) is 11.0. The summed E-state index contributed by atoms with van der Waals surface area (Å²) >= 11 is 0. The van der Waals surface area contributed by atoms with Gasteiger partial charge in [-0.25, -0.2) is 4.79 Å². The van der Waals surface area contributed by atoms with E-state index in [9.17, 15) is 9.59 Å². The molecule has 2 aromatic carbocycles. The third-order valence-corrected chi connectivity index (χ3v) is 6.05. The van der Waals surface area contributed by atoms with Gasteiger partial charge in [-0.1, -0.05) is 36.4 Å². The zero-order valence-electron chi connectivity index (χ0n) is 18.5. The molecule has 168 valence electrons. The van der Waals surface area contributed by atoms with Crippen molar-refractivity contribution in [2.75, 3.05) is 39.9 Å². The maximum absolute atomic E-state index is 13.4. The summed E-state index contributed by atoms with van der Waals surface area (Å²) in [6.07, 6.45) is 2.00. The number of carbonyl (C=O) groups excluding carboxylic acids is 2. The maximum atomic E-state index is 13.4. The zero-order valence-corrected chi connectivity index (χ0v) is 18.5. The second kappa shape index (κ2) is 9.77. The van der Waals surface area contributed by atoms with Crippen molar-refractivity contribution in [3.05, 3.63) is 65.9 Å². The number of hydrogen-bond donors (Lipinski definition) is 1. The lowest BCUT2D eigenvalue weighted by atomic mass is 9.87. The number of carbonyl (C=O) groups is 2. The fourth-order valence-corrected chi connectivity index (χ4v) is 4.38. The molecule has 0 bridgehead atoms. The minimum Gasteiger partial charge on any atom is -0.496 e. The molecular weight excluding hydrogens is 406 g/mol. The van der Waals surface area contributed by atoms with Gasteiger partial charge in [-0.3, -0.25) is 4.79 Å². The van der Waals surface area contributed by atoms with Crippen LogP contribution in [0.2, 0.25) is 0 Å². The highest BCUT2D eigenvalue weighted by Crippen LogP contribution is 2.38. The van der Waals surface area contributed by atoms with E-state index in [1.807, 2.05) is 53.6 Å². The molecule has 0 spiro atoms. The number of aromatic nitrogens is 1. The number of aromatic amines is 1. The summed E-state index contributed by atoms with van der Waals surface area (Å²) in [5.41, 5.74) is 3.10. The number of nitrogens with zero attached hydrogens (tertiary/aromatic N) is 2. The van der Waals surface area contributed by atoms with E-state index in [0.717, 1.165) is 27.8 Å². The number of nitrogens with one attached hydrogen (secondary N) is 1. The van der Waals surface area contributed by atoms with Crippen LogP contribution in [0.3, 0.4) is 0 Å². The Morgan fingerprint density at radius 3 is 2.41 bits per heavy atom. The molecule has 1 atom stereocenters. The van der Waals surface area contributed by atoms with Gasteiger partial charge in [-0.15, -0.1) is 0 Å². The Kier molecular flexibility index (Phi) is 6.63. The van der Waals surface area contributed by atoms with E-state index in [1.54, 1.807) is 18.9 Å². The molecule has 2 amide bonds. The van der Waals surface area contributed by atoms with Crippen LogP contribution < -0.4 is 4.74 Å². The smallest absolute Gasteiger partial charge is 0.409 e. The molecule has 4 rings (SSSR count). The van der Waals surface area contributed by atoms with E-state index < -0.39 is 0 Å². The molecule has 1 fully saturated rings. The average Bonchev–Trinajstić information content (AvgIpc) is 3.26. The maximum Gasteiger partial charge on any atom is 0.409 e. The van der Waals surface area contributed by atoms with Gasteiger partial charge < -0.3 is 24.3 Å². The van der Waals surface area contributed by atoms with E-state index in [4.69, 9.17) is 9.47 Å². The fraction of sp³-hybridized carbons (Fsp3) is 0.360. The predicted octanol–water partition coefficient (Wildman–Crippen LogP) is 4.00. The summed E-state index contributed by atoms with van der Waals surface area (Å²) in [6, 6.07) is 16.0.